The number of rotatable bonds is 6. The molecule has 1 fully saturated rings. The average molecular weight is 422 g/mol. The van der Waals surface area contributed by atoms with Gasteiger partial charge in [0.15, 0.2) is 6.61 Å². The van der Waals surface area contributed by atoms with E-state index in [1.54, 1.807) is 6.07 Å². The quantitative estimate of drug-likeness (QED) is 0.708. The standard InChI is InChI=1S/C20H27N3O5S/c1-14(2)9-10-21-19(24)13-28-20(25)15-7-8-16-17(12-15)29(26,27)22-18-6-4-3-5-11-23(16)18/h7-8,12,14H,3-6,9-11,13H2,1-2H3,(H,21,24). The maximum atomic E-state index is 12.6. The van der Waals surface area contributed by atoms with Crippen molar-refractivity contribution in [2.75, 3.05) is 24.6 Å². The second-order valence-electron chi connectivity index (χ2n) is 7.74. The molecule has 0 saturated carbocycles. The lowest BCUT2D eigenvalue weighted by atomic mass is 10.1. The van der Waals surface area contributed by atoms with Crippen LogP contribution >= 0.6 is 0 Å². The minimum atomic E-state index is -3.88. The average Bonchev–Trinajstić information content (AvgIpc) is 2.90. The van der Waals surface area contributed by atoms with Gasteiger partial charge in [0.1, 0.15) is 10.7 Å². The van der Waals surface area contributed by atoms with Crippen molar-refractivity contribution in [2.45, 2.75) is 50.8 Å². The van der Waals surface area contributed by atoms with E-state index in [0.717, 1.165) is 25.7 Å². The summed E-state index contributed by atoms with van der Waals surface area (Å²) in [6.07, 6.45) is 4.34. The van der Waals surface area contributed by atoms with Crippen molar-refractivity contribution in [3.63, 3.8) is 0 Å². The third kappa shape index (κ3) is 5.14. The number of amidine groups is 1. The van der Waals surface area contributed by atoms with Crippen molar-refractivity contribution < 1.29 is 22.7 Å². The normalized spacial score (nSPS) is 17.6. The molecule has 8 nitrogen and oxygen atoms in total. The van der Waals surface area contributed by atoms with Gasteiger partial charge >= 0.3 is 5.97 Å². The van der Waals surface area contributed by atoms with Crippen LogP contribution in [0.25, 0.3) is 0 Å². The minimum Gasteiger partial charge on any atom is -0.452 e. The summed E-state index contributed by atoms with van der Waals surface area (Å²) in [5.41, 5.74) is 0.621. The van der Waals surface area contributed by atoms with E-state index in [1.165, 1.54) is 12.1 Å². The lowest BCUT2D eigenvalue weighted by Gasteiger charge is -2.29. The smallest absolute Gasteiger partial charge is 0.338 e. The van der Waals surface area contributed by atoms with E-state index < -0.39 is 22.6 Å². The summed E-state index contributed by atoms with van der Waals surface area (Å²) in [4.78, 5) is 26.0. The van der Waals surface area contributed by atoms with Gasteiger partial charge < -0.3 is 15.0 Å². The van der Waals surface area contributed by atoms with Gasteiger partial charge in [-0.2, -0.15) is 8.42 Å². The van der Waals surface area contributed by atoms with Crippen molar-refractivity contribution in [3.8, 4) is 0 Å². The third-order valence-electron chi connectivity index (χ3n) is 4.96. The van der Waals surface area contributed by atoms with Gasteiger partial charge in [-0.1, -0.05) is 20.3 Å². The molecule has 0 aliphatic carbocycles. The number of hydrogen-bond acceptors (Lipinski definition) is 6. The maximum absolute atomic E-state index is 12.6. The highest BCUT2D eigenvalue weighted by molar-refractivity contribution is 7.90. The highest BCUT2D eigenvalue weighted by Gasteiger charge is 2.32. The topological polar surface area (TPSA) is 105 Å². The molecule has 158 valence electrons. The summed E-state index contributed by atoms with van der Waals surface area (Å²) in [5.74, 6) is -0.109. The molecular formula is C20H27N3O5S. The molecule has 3 rings (SSSR count). The number of ether oxygens (including phenoxy) is 1. The Morgan fingerprint density at radius 1 is 1.24 bits per heavy atom. The lowest BCUT2D eigenvalue weighted by molar-refractivity contribution is -0.124. The Morgan fingerprint density at radius 3 is 2.79 bits per heavy atom. The number of carbonyl (C=O) groups excluding carboxylic acids is 2. The molecule has 1 aromatic rings. The fraction of sp³-hybridized carbons (Fsp3) is 0.550. The number of hydrogen-bond donors (Lipinski definition) is 1. The Kier molecular flexibility index (Phi) is 6.56. The fourth-order valence-electron chi connectivity index (χ4n) is 3.37. The Hall–Kier alpha value is -2.42. The van der Waals surface area contributed by atoms with Crippen LogP contribution in [0, 0.1) is 5.92 Å². The summed E-state index contributed by atoms with van der Waals surface area (Å²) in [6.45, 7) is 4.90. The fourth-order valence-corrected chi connectivity index (χ4v) is 4.66. The van der Waals surface area contributed by atoms with Crippen LogP contribution in [0.4, 0.5) is 5.69 Å². The molecule has 2 heterocycles. The van der Waals surface area contributed by atoms with Crippen molar-refractivity contribution >= 4 is 33.4 Å². The van der Waals surface area contributed by atoms with E-state index in [-0.39, 0.29) is 16.4 Å². The Bertz CT molecular complexity index is 924. The zero-order chi connectivity index (χ0) is 21.0. The first kappa shape index (κ1) is 21.3. The van der Waals surface area contributed by atoms with E-state index >= 15 is 0 Å². The van der Waals surface area contributed by atoms with E-state index in [0.29, 0.717) is 37.0 Å². The predicted octanol–water partition coefficient (Wildman–Crippen LogP) is 2.49. The predicted molar refractivity (Wildman–Crippen MR) is 110 cm³/mol. The molecule has 0 aromatic heterocycles. The van der Waals surface area contributed by atoms with E-state index in [2.05, 4.69) is 23.6 Å². The Morgan fingerprint density at radius 2 is 2.03 bits per heavy atom. The molecule has 0 unspecified atom stereocenters. The van der Waals surface area contributed by atoms with Gasteiger partial charge in [-0.25, -0.2) is 4.79 Å². The monoisotopic (exact) mass is 421 g/mol. The SMILES string of the molecule is CC(C)CCNC(=O)COC(=O)c1ccc2c(c1)S(=O)(=O)N=C1CCCCCN12. The first-order chi connectivity index (χ1) is 13.8. The van der Waals surface area contributed by atoms with Gasteiger partial charge in [-0.05, 0) is 43.4 Å². The summed E-state index contributed by atoms with van der Waals surface area (Å²) in [5, 5.41) is 2.68. The number of fused-ring (bicyclic) bond motifs is 3. The number of carbonyl (C=O) groups is 2. The van der Waals surface area contributed by atoms with Crippen LogP contribution in [0.15, 0.2) is 27.5 Å². The largest absolute Gasteiger partial charge is 0.452 e. The summed E-state index contributed by atoms with van der Waals surface area (Å²) >= 11 is 0. The molecular weight excluding hydrogens is 394 g/mol. The second kappa shape index (κ2) is 8.94. The lowest BCUT2D eigenvalue weighted by Crippen LogP contribution is -2.35. The van der Waals surface area contributed by atoms with Crippen molar-refractivity contribution in [3.05, 3.63) is 23.8 Å². The molecule has 1 N–H and O–H groups in total. The van der Waals surface area contributed by atoms with Crippen LogP contribution < -0.4 is 10.2 Å². The molecule has 29 heavy (non-hydrogen) atoms. The van der Waals surface area contributed by atoms with Gasteiger partial charge in [-0.15, -0.1) is 4.40 Å². The van der Waals surface area contributed by atoms with E-state index in [4.69, 9.17) is 4.74 Å². The number of benzene rings is 1. The van der Waals surface area contributed by atoms with Crippen molar-refractivity contribution in [1.29, 1.82) is 0 Å². The highest BCUT2D eigenvalue weighted by atomic mass is 32.2. The van der Waals surface area contributed by atoms with Crippen LogP contribution in [-0.2, 0) is 19.6 Å². The van der Waals surface area contributed by atoms with Gasteiger partial charge in [-0.3, -0.25) is 4.79 Å². The van der Waals surface area contributed by atoms with Crippen LogP contribution in [0.3, 0.4) is 0 Å². The molecule has 2 aliphatic rings. The molecule has 0 radical (unpaired) electrons. The van der Waals surface area contributed by atoms with Gasteiger partial charge in [0.2, 0.25) is 0 Å². The van der Waals surface area contributed by atoms with Crippen LogP contribution in [-0.4, -0.2) is 45.8 Å². The molecule has 2 aliphatic heterocycles. The summed E-state index contributed by atoms with van der Waals surface area (Å²) in [7, 11) is -3.88. The van der Waals surface area contributed by atoms with Crippen molar-refractivity contribution in [2.24, 2.45) is 10.3 Å². The Balaban J connectivity index is 1.71. The summed E-state index contributed by atoms with van der Waals surface area (Å²) < 4.78 is 34.2. The molecule has 1 amide bonds. The maximum Gasteiger partial charge on any atom is 0.338 e. The van der Waals surface area contributed by atoms with Crippen LogP contribution in [0.1, 0.15) is 56.3 Å². The minimum absolute atomic E-state index is 0.000940. The third-order valence-corrected chi connectivity index (χ3v) is 6.30. The number of nitrogens with zero attached hydrogens (tertiary/aromatic N) is 2. The zero-order valence-electron chi connectivity index (χ0n) is 16.8. The van der Waals surface area contributed by atoms with Crippen molar-refractivity contribution in [1.82, 2.24) is 5.32 Å². The van der Waals surface area contributed by atoms with Gasteiger partial charge in [0.05, 0.1) is 11.3 Å². The number of amides is 1. The first-order valence-corrected chi connectivity index (χ1v) is 11.4. The van der Waals surface area contributed by atoms with Crippen LogP contribution in [0.2, 0.25) is 0 Å². The second-order valence-corrected chi connectivity index (χ2v) is 9.31. The molecule has 0 bridgehead atoms. The van der Waals surface area contributed by atoms with Gasteiger partial charge in [0, 0.05) is 19.5 Å². The highest BCUT2D eigenvalue weighted by Crippen LogP contribution is 2.35. The zero-order valence-corrected chi connectivity index (χ0v) is 17.6. The molecule has 1 saturated heterocycles. The Labute approximate surface area is 171 Å². The van der Waals surface area contributed by atoms with Gasteiger partial charge in [0.25, 0.3) is 15.9 Å². The number of nitrogens with one attached hydrogen (secondary N) is 1. The number of sulfonamides is 1. The molecule has 1 aromatic carbocycles. The number of esters is 1. The molecule has 0 atom stereocenters. The van der Waals surface area contributed by atoms with E-state index in [1.807, 2.05) is 4.90 Å². The molecule has 9 heteroatoms. The molecule has 0 spiro atoms. The summed E-state index contributed by atoms with van der Waals surface area (Å²) in [6, 6.07) is 4.43. The number of anilines is 1. The van der Waals surface area contributed by atoms with Crippen LogP contribution in [0.5, 0.6) is 0 Å². The first-order valence-electron chi connectivity index (χ1n) is 9.97. The van der Waals surface area contributed by atoms with E-state index in [9.17, 15) is 18.0 Å².